The summed E-state index contributed by atoms with van der Waals surface area (Å²) >= 11 is 1.66. The van der Waals surface area contributed by atoms with Gasteiger partial charge in [0.2, 0.25) is 51.4 Å². The number of carbonyl (C=O) groups excluding carboxylic acids is 7. The van der Waals surface area contributed by atoms with Crippen molar-refractivity contribution in [3.8, 4) is 0 Å². The molecule has 8 atom stereocenters. The number of fused-ring (bicyclic) bond motifs is 1. The van der Waals surface area contributed by atoms with Crippen LogP contribution in [0, 0.1) is 23.7 Å². The summed E-state index contributed by atoms with van der Waals surface area (Å²) in [5.41, 5.74) is -0.259. The molecule has 7 fully saturated rings. The molecule has 5 aliphatic heterocycles. The molecule has 7 aliphatic rings. The third kappa shape index (κ3) is 12.4. The number of nitrogens with zero attached hydrogens (tertiary/aromatic N) is 4. The Balaban J connectivity index is 0.776. The first-order chi connectivity index (χ1) is 30.2. The molecule has 0 aromatic heterocycles. The minimum atomic E-state index is -3.42. The topological polar surface area (TPSA) is 233 Å². The normalized spacial score (nSPS) is 30.7. The van der Waals surface area contributed by atoms with Crippen molar-refractivity contribution in [2.24, 2.45) is 23.7 Å². The summed E-state index contributed by atoms with van der Waals surface area (Å²) in [5, 5.41) is 11.8. The van der Waals surface area contributed by atoms with Crippen LogP contribution in [-0.2, 0) is 53.1 Å². The van der Waals surface area contributed by atoms with E-state index >= 15 is 0 Å². The average Bonchev–Trinajstić information content (AvgIpc) is 4.02. The lowest BCUT2D eigenvalue weighted by atomic mass is 9.79. The molecule has 0 aromatic carbocycles. The van der Waals surface area contributed by atoms with Gasteiger partial charge in [0.05, 0.1) is 36.7 Å². The lowest BCUT2D eigenvalue weighted by Crippen LogP contribution is -2.54. The maximum absolute atomic E-state index is 13.6. The highest BCUT2D eigenvalue weighted by molar-refractivity contribution is 8.00. The molecule has 0 bridgehead atoms. The third-order valence-electron chi connectivity index (χ3n) is 14.1. The summed E-state index contributed by atoms with van der Waals surface area (Å²) in [5.74, 6) is -2.28. The minimum absolute atomic E-state index is 0.0469. The van der Waals surface area contributed by atoms with Gasteiger partial charge < -0.3 is 25.0 Å². The Bertz CT molecular complexity index is 1810. The van der Waals surface area contributed by atoms with E-state index in [1.165, 1.54) is 36.4 Å². The number of piperazine rings is 1. The lowest BCUT2D eigenvalue weighted by Gasteiger charge is -2.35. The van der Waals surface area contributed by atoms with Gasteiger partial charge in [0, 0.05) is 83.7 Å². The van der Waals surface area contributed by atoms with Crippen LogP contribution in [0.5, 0.6) is 0 Å². The predicted molar refractivity (Wildman–Crippen MR) is 231 cm³/mol. The summed E-state index contributed by atoms with van der Waals surface area (Å²) in [4.78, 5) is 95.5. The van der Waals surface area contributed by atoms with Gasteiger partial charge in [0.15, 0.2) is 0 Å². The van der Waals surface area contributed by atoms with E-state index in [4.69, 9.17) is 9.47 Å². The zero-order chi connectivity index (χ0) is 44.7. The van der Waals surface area contributed by atoms with Crippen LogP contribution in [0.3, 0.4) is 0 Å². The summed E-state index contributed by atoms with van der Waals surface area (Å²) in [6.45, 7) is 4.58. The number of ether oxygens (including phenoxy) is 2. The number of sulfonamides is 1. The highest BCUT2D eigenvalue weighted by atomic mass is 32.2. The van der Waals surface area contributed by atoms with Gasteiger partial charge in [-0.2, -0.15) is 0 Å². The Labute approximate surface area is 374 Å². The molecule has 0 spiro atoms. The predicted octanol–water partition coefficient (Wildman–Crippen LogP) is -0.256. The molecule has 5 heterocycles. The molecule has 21 heteroatoms. The fraction of sp³-hybridized carbons (Fsp3) is 0.833. The average molecular weight is 923 g/mol. The van der Waals surface area contributed by atoms with Crippen molar-refractivity contribution in [1.29, 1.82) is 0 Å². The van der Waals surface area contributed by atoms with E-state index in [2.05, 4.69) is 26.2 Å². The lowest BCUT2D eigenvalue weighted by molar-refractivity contribution is -0.151. The number of amides is 7. The molecule has 7 rings (SSSR count). The van der Waals surface area contributed by atoms with Gasteiger partial charge in [-0.3, -0.25) is 54.0 Å². The molecule has 7 amide bonds. The van der Waals surface area contributed by atoms with Gasteiger partial charge in [0.25, 0.3) is 0 Å². The molecule has 4 N–H and O–H groups in total. The van der Waals surface area contributed by atoms with E-state index in [0.717, 1.165) is 16.9 Å². The smallest absolute Gasteiger partial charge is 0.249 e. The van der Waals surface area contributed by atoms with E-state index in [1.807, 2.05) is 4.90 Å². The highest BCUT2D eigenvalue weighted by Gasteiger charge is 2.54. The molecule has 0 radical (unpaired) electrons. The number of nitrogens with one attached hydrogen (secondary N) is 4. The molecule has 5 saturated heterocycles. The molecular weight excluding hydrogens is 857 g/mol. The second kappa shape index (κ2) is 21.9. The summed E-state index contributed by atoms with van der Waals surface area (Å²) in [7, 11) is -3.42. The number of rotatable bonds is 18. The first-order valence-corrected chi connectivity index (χ1v) is 26.0. The first-order valence-electron chi connectivity index (χ1n) is 23.1. The largest absolute Gasteiger partial charge is 0.381 e. The van der Waals surface area contributed by atoms with E-state index in [1.54, 1.807) is 11.8 Å². The van der Waals surface area contributed by atoms with E-state index in [0.29, 0.717) is 96.4 Å². The molecule has 19 nitrogen and oxygen atoms in total. The van der Waals surface area contributed by atoms with Crippen LogP contribution >= 0.6 is 11.8 Å². The van der Waals surface area contributed by atoms with Gasteiger partial charge in [0.1, 0.15) is 17.6 Å². The number of hydrogen-bond donors (Lipinski definition) is 4. The fourth-order valence-electron chi connectivity index (χ4n) is 10.3. The summed E-state index contributed by atoms with van der Waals surface area (Å²) < 4.78 is 37.5. The molecule has 0 aromatic rings. The second-order valence-corrected chi connectivity index (χ2v) is 21.4. The van der Waals surface area contributed by atoms with Gasteiger partial charge in [-0.15, -0.1) is 11.8 Å². The van der Waals surface area contributed by atoms with Crippen LogP contribution in [-0.4, -0.2) is 176 Å². The Hall–Kier alpha value is -3.21. The van der Waals surface area contributed by atoms with Crippen molar-refractivity contribution in [2.45, 2.75) is 120 Å². The Kier molecular flexibility index (Phi) is 16.6. The second-order valence-electron chi connectivity index (χ2n) is 18.3. The van der Waals surface area contributed by atoms with Crippen LogP contribution in [0.2, 0.25) is 0 Å². The van der Waals surface area contributed by atoms with Crippen LogP contribution in [0.1, 0.15) is 89.9 Å². The molecule has 2 saturated carbocycles. The van der Waals surface area contributed by atoms with Gasteiger partial charge >= 0.3 is 0 Å². The third-order valence-corrected chi connectivity index (χ3v) is 16.5. The number of carbonyl (C=O) groups is 7. The number of likely N-dealkylation sites (tertiary alicyclic amines) is 1. The quantitative estimate of drug-likeness (QED) is 0.103. The van der Waals surface area contributed by atoms with Crippen molar-refractivity contribution >= 4 is 63.1 Å². The maximum Gasteiger partial charge on any atom is 0.249 e. The van der Waals surface area contributed by atoms with Crippen molar-refractivity contribution in [3.05, 3.63) is 0 Å². The zero-order valence-electron chi connectivity index (χ0n) is 36.5. The van der Waals surface area contributed by atoms with Gasteiger partial charge in [-0.25, -0.2) is 12.7 Å². The fourth-order valence-corrected chi connectivity index (χ4v) is 12.5. The summed E-state index contributed by atoms with van der Waals surface area (Å²) in [6, 6.07) is -1.45. The minimum Gasteiger partial charge on any atom is -0.381 e. The van der Waals surface area contributed by atoms with E-state index < -0.39 is 51.7 Å². The molecule has 7 unspecified atom stereocenters. The summed E-state index contributed by atoms with van der Waals surface area (Å²) in [6.07, 6.45) is 10.4. The standard InChI is InChI=1S/C42H66N8O11S2/c1-63(58,59)49-15-13-28(25-49)37(53)43-32(38(54)46-42-44-33(26-62-42)27-6-3-2-4-7-27)14-22-60-21-5-8-36(52)48-18-16-47(17-19-48)20-23-61-29-9-10-30-31(24-29)41(57)50(40(30)56)34-11-12-35(51)45-39(34)55/h27-34,42,44H,2-26H2,1H3,(H,43,53)(H,46,54)(H,45,51,55)/t28?,29?,30?,31?,32-,33?,34?,42?/m0/s1. The monoisotopic (exact) mass is 922 g/mol. The Morgan fingerprint density at radius 2 is 1.65 bits per heavy atom. The van der Waals surface area contributed by atoms with Crippen molar-refractivity contribution in [2.75, 3.05) is 77.6 Å². The highest BCUT2D eigenvalue weighted by Crippen LogP contribution is 2.41. The van der Waals surface area contributed by atoms with Crippen LogP contribution < -0.4 is 21.3 Å². The van der Waals surface area contributed by atoms with Gasteiger partial charge in [-0.05, 0) is 63.7 Å². The molecule has 2 aliphatic carbocycles. The van der Waals surface area contributed by atoms with Crippen LogP contribution in [0.15, 0.2) is 0 Å². The van der Waals surface area contributed by atoms with Crippen molar-refractivity contribution in [1.82, 2.24) is 40.3 Å². The number of imide groups is 2. The van der Waals surface area contributed by atoms with Crippen LogP contribution in [0.4, 0.5) is 0 Å². The van der Waals surface area contributed by atoms with Crippen LogP contribution in [0.25, 0.3) is 0 Å². The Morgan fingerprint density at radius 3 is 2.38 bits per heavy atom. The molecule has 352 valence electrons. The zero-order valence-corrected chi connectivity index (χ0v) is 38.1. The van der Waals surface area contributed by atoms with E-state index in [-0.39, 0.29) is 80.1 Å². The number of piperidine rings is 1. The van der Waals surface area contributed by atoms with Crippen molar-refractivity contribution in [3.63, 3.8) is 0 Å². The Morgan fingerprint density at radius 1 is 0.889 bits per heavy atom. The maximum atomic E-state index is 13.6. The number of thioether (sulfide) groups is 1. The number of hydrogen-bond acceptors (Lipinski definition) is 14. The van der Waals surface area contributed by atoms with Gasteiger partial charge in [-0.1, -0.05) is 19.3 Å². The molecular formula is C42H66N8O11S2. The first kappa shape index (κ1) is 47.7. The molecule has 63 heavy (non-hydrogen) atoms. The van der Waals surface area contributed by atoms with E-state index in [9.17, 15) is 42.0 Å². The van der Waals surface area contributed by atoms with Crippen molar-refractivity contribution < 1.29 is 51.5 Å². The SMILES string of the molecule is CS(=O)(=O)N1CCC(C(=O)N[C@@H](CCOCCCC(=O)N2CCN(CCOC3CCC4C(=O)N(C5CCC(=O)NC5=O)C(=O)C4C3)CC2)C(=O)NC2NC(C3CCCCC3)CS2)C1.